The van der Waals surface area contributed by atoms with Crippen LogP contribution in [0.1, 0.15) is 0 Å². The lowest BCUT2D eigenvalue weighted by Gasteiger charge is -2.36. The smallest absolute Gasteiger partial charge is 0.243 e. The first-order valence-corrected chi connectivity index (χ1v) is 4.55. The molecule has 0 saturated carbocycles. The van der Waals surface area contributed by atoms with Crippen LogP contribution in [0.15, 0.2) is 0 Å². The Hall–Kier alpha value is -0.120. The highest BCUT2D eigenvalue weighted by molar-refractivity contribution is 6.27. The molecule has 0 heterocycles. The van der Waals surface area contributed by atoms with Crippen molar-refractivity contribution in [1.29, 1.82) is 0 Å². The predicted molar refractivity (Wildman–Crippen MR) is 41.3 cm³/mol. The molecule has 0 bridgehead atoms. The zero-order chi connectivity index (χ0) is 15.2. The molecule has 0 aromatic carbocycles. The Morgan fingerprint density at radius 2 is 1.00 bits per heavy atom. The summed E-state index contributed by atoms with van der Waals surface area (Å²) in [5.41, 5.74) is 0. The molecule has 110 valence electrons. The number of alkyl halides is 12. The van der Waals surface area contributed by atoms with E-state index in [0.29, 0.717) is 0 Å². The van der Waals surface area contributed by atoms with E-state index in [9.17, 15) is 43.9 Å². The second-order valence-corrected chi connectivity index (χ2v) is 4.12. The summed E-state index contributed by atoms with van der Waals surface area (Å²) in [6.07, 6.45) is -23.5. The summed E-state index contributed by atoms with van der Waals surface area (Å²) in [6, 6.07) is 0. The van der Waals surface area contributed by atoms with E-state index in [1.165, 1.54) is 0 Å². The first-order valence-electron chi connectivity index (χ1n) is 3.74. The number of halogens is 12. The lowest BCUT2D eigenvalue weighted by Crippen LogP contribution is -2.62. The molecule has 0 nitrogen and oxygen atoms in total. The third-order valence-electron chi connectivity index (χ3n) is 1.77. The second-order valence-electron chi connectivity index (χ2n) is 3.05. The van der Waals surface area contributed by atoms with Crippen LogP contribution in [0, 0.1) is 0 Å². The topological polar surface area (TPSA) is 0 Å². The number of hydrogen-bond acceptors (Lipinski definition) is 0. The van der Waals surface area contributed by atoms with Gasteiger partial charge in [0.1, 0.15) is 0 Å². The predicted octanol–water partition coefficient (Wildman–Crippen LogP) is 4.60. The number of hydrogen-bond donors (Lipinski definition) is 0. The molecule has 0 spiro atoms. The van der Waals surface area contributed by atoms with Gasteiger partial charge in [-0.3, -0.25) is 0 Å². The van der Waals surface area contributed by atoms with Gasteiger partial charge in [-0.2, -0.15) is 39.5 Å². The van der Waals surface area contributed by atoms with E-state index < -0.39 is 35.0 Å². The average Bonchev–Trinajstić information content (AvgIpc) is 2.08. The zero-order valence-electron chi connectivity index (χ0n) is 7.69. The Morgan fingerprint density at radius 1 is 0.722 bits per heavy atom. The Balaban J connectivity index is 5.66. The van der Waals surface area contributed by atoms with Crippen LogP contribution in [0.4, 0.5) is 43.9 Å². The van der Waals surface area contributed by atoms with Crippen molar-refractivity contribution < 1.29 is 43.9 Å². The van der Waals surface area contributed by atoms with Crippen LogP contribution in [0.25, 0.3) is 0 Å². The minimum absolute atomic E-state index is 4.03. The normalized spacial score (nSPS) is 18.7. The van der Waals surface area contributed by atoms with Crippen molar-refractivity contribution in [1.82, 2.24) is 0 Å². The van der Waals surface area contributed by atoms with Gasteiger partial charge in [-0.1, -0.05) is 11.6 Å². The molecule has 0 N–H and O–H groups in total. The molecule has 2 unspecified atom stereocenters. The van der Waals surface area contributed by atoms with E-state index in [4.69, 9.17) is 0 Å². The van der Waals surface area contributed by atoms with Gasteiger partial charge in [0.15, 0.2) is 11.5 Å². The van der Waals surface area contributed by atoms with Gasteiger partial charge >= 0.3 is 18.5 Å². The maximum absolute atomic E-state index is 12.9. The highest BCUT2D eigenvalue weighted by Gasteiger charge is 2.77. The summed E-state index contributed by atoms with van der Waals surface area (Å²) in [6.45, 7) is 0. The van der Waals surface area contributed by atoms with E-state index in [1.54, 1.807) is 0 Å². The van der Waals surface area contributed by atoms with Gasteiger partial charge in [0.25, 0.3) is 4.87 Å². The van der Waals surface area contributed by atoms with Crippen molar-refractivity contribution in [2.24, 2.45) is 0 Å². The van der Waals surface area contributed by atoms with E-state index >= 15 is 0 Å². The highest BCUT2D eigenvalue weighted by Crippen LogP contribution is 2.53. The Kier molecular flexibility index (Phi) is 4.74. The molecule has 12 heteroatoms. The van der Waals surface area contributed by atoms with Crippen molar-refractivity contribution in [3.63, 3.8) is 0 Å². The quantitative estimate of drug-likeness (QED) is 0.511. The van der Waals surface area contributed by atoms with Crippen molar-refractivity contribution in [2.45, 2.75) is 35.0 Å². The lowest BCUT2D eigenvalue weighted by molar-refractivity contribution is -0.288. The fourth-order valence-corrected chi connectivity index (χ4v) is 1.22. The van der Waals surface area contributed by atoms with Crippen LogP contribution in [0.2, 0.25) is 0 Å². The van der Waals surface area contributed by atoms with Gasteiger partial charge in [0.2, 0.25) is 0 Å². The molecule has 0 radical (unpaired) electrons. The lowest BCUT2D eigenvalue weighted by atomic mass is 9.98. The molecule has 2 atom stereocenters. The van der Waals surface area contributed by atoms with E-state index in [1.807, 2.05) is 0 Å². The summed E-state index contributed by atoms with van der Waals surface area (Å²) in [5, 5.41) is -4.06. The molecule has 0 rings (SSSR count). The largest absolute Gasteiger partial charge is 0.419 e. The van der Waals surface area contributed by atoms with E-state index in [0.717, 1.165) is 0 Å². The summed E-state index contributed by atoms with van der Waals surface area (Å²) < 4.78 is 121. The maximum Gasteiger partial charge on any atom is 0.419 e. The summed E-state index contributed by atoms with van der Waals surface area (Å²) in [4.78, 5) is -5.73. The molecule has 0 amide bonds. The van der Waals surface area contributed by atoms with Gasteiger partial charge in [0, 0.05) is 0 Å². The Bertz CT molecular complexity index is 274. The maximum atomic E-state index is 12.9. The van der Waals surface area contributed by atoms with Crippen LogP contribution < -0.4 is 0 Å². The van der Waals surface area contributed by atoms with Crippen molar-refractivity contribution in [2.75, 3.05) is 0 Å². The molecule has 18 heavy (non-hydrogen) atoms. The van der Waals surface area contributed by atoms with E-state index in [2.05, 4.69) is 23.2 Å². The Labute approximate surface area is 103 Å². The minimum atomic E-state index is -6.51. The van der Waals surface area contributed by atoms with Gasteiger partial charge in [0.05, 0.1) is 0 Å². The standard InChI is InChI=1S/C6H2Cl2F10/c7-1(4(10,11)12)2(9)3(8,5(13,14)15)6(16,17)18/h1-2H. The minimum Gasteiger partial charge on any atom is -0.243 e. The molecule has 0 aliphatic carbocycles. The molecule has 0 fully saturated rings. The third-order valence-corrected chi connectivity index (χ3v) is 2.88. The molecular weight excluding hydrogens is 333 g/mol. The molecule has 0 aliphatic rings. The molecule has 0 aromatic rings. The zero-order valence-corrected chi connectivity index (χ0v) is 9.20. The SMILES string of the molecule is FC(C(Cl)C(F)(F)F)C(Cl)(C(F)(F)F)C(F)(F)F. The third kappa shape index (κ3) is 3.06. The summed E-state index contributed by atoms with van der Waals surface area (Å²) >= 11 is 8.25. The second kappa shape index (κ2) is 4.77. The van der Waals surface area contributed by atoms with Crippen LogP contribution >= 0.6 is 23.2 Å². The van der Waals surface area contributed by atoms with Gasteiger partial charge in [-0.05, 0) is 0 Å². The molecular formula is C6H2Cl2F10. The first kappa shape index (κ1) is 17.9. The van der Waals surface area contributed by atoms with Crippen molar-refractivity contribution in [3.8, 4) is 0 Å². The number of rotatable bonds is 2. The highest BCUT2D eigenvalue weighted by atomic mass is 35.5. The molecule has 0 aromatic heterocycles. The monoisotopic (exact) mass is 334 g/mol. The van der Waals surface area contributed by atoms with Crippen LogP contribution in [-0.2, 0) is 0 Å². The fraction of sp³-hybridized carbons (Fsp3) is 1.00. The molecule has 0 saturated heterocycles. The van der Waals surface area contributed by atoms with E-state index in [-0.39, 0.29) is 0 Å². The van der Waals surface area contributed by atoms with Crippen LogP contribution in [0.3, 0.4) is 0 Å². The van der Waals surface area contributed by atoms with Gasteiger partial charge in [-0.15, -0.1) is 11.6 Å². The molecule has 0 aliphatic heterocycles. The van der Waals surface area contributed by atoms with Gasteiger partial charge < -0.3 is 0 Å². The summed E-state index contributed by atoms with van der Waals surface area (Å²) in [7, 11) is 0. The fourth-order valence-electron chi connectivity index (χ4n) is 0.841. The van der Waals surface area contributed by atoms with Crippen molar-refractivity contribution >= 4 is 23.2 Å². The van der Waals surface area contributed by atoms with Crippen molar-refractivity contribution in [3.05, 3.63) is 0 Å². The van der Waals surface area contributed by atoms with Crippen LogP contribution in [-0.4, -0.2) is 35.0 Å². The van der Waals surface area contributed by atoms with Gasteiger partial charge in [-0.25, -0.2) is 4.39 Å². The average molecular weight is 335 g/mol. The Morgan fingerprint density at radius 3 is 1.17 bits per heavy atom. The van der Waals surface area contributed by atoms with Crippen LogP contribution in [0.5, 0.6) is 0 Å². The first-order chi connectivity index (χ1) is 7.57. The summed E-state index contributed by atoms with van der Waals surface area (Å²) in [5.74, 6) is 0.